The van der Waals surface area contributed by atoms with Crippen LogP contribution >= 0.6 is 0 Å². The third-order valence-corrected chi connectivity index (χ3v) is 4.74. The molecule has 23 heavy (non-hydrogen) atoms. The summed E-state index contributed by atoms with van der Waals surface area (Å²) in [6.45, 7) is 2.05. The highest BCUT2D eigenvalue weighted by molar-refractivity contribution is 7.89. The van der Waals surface area contributed by atoms with E-state index in [0.29, 0.717) is 11.4 Å². The van der Waals surface area contributed by atoms with E-state index in [9.17, 15) is 12.8 Å². The average molecular weight is 332 g/mol. The molecule has 2 heterocycles. The molecular weight excluding hydrogens is 319 g/mol. The summed E-state index contributed by atoms with van der Waals surface area (Å²) in [5, 5.41) is 3.70. The van der Waals surface area contributed by atoms with Gasteiger partial charge in [-0.25, -0.2) is 14.4 Å². The van der Waals surface area contributed by atoms with Gasteiger partial charge >= 0.3 is 10.0 Å². The van der Waals surface area contributed by atoms with Gasteiger partial charge in [-0.3, -0.25) is 0 Å². The zero-order chi connectivity index (χ0) is 16.4. The number of benzene rings is 1. The molecular formula is C15H13FN4O2S. The number of rotatable bonds is 4. The van der Waals surface area contributed by atoms with E-state index in [4.69, 9.17) is 0 Å². The second-order valence-electron chi connectivity index (χ2n) is 4.81. The molecule has 0 amide bonds. The molecule has 0 fully saturated rings. The lowest BCUT2D eigenvalue weighted by Gasteiger charge is -2.02. The maximum atomic E-state index is 12.9. The van der Waals surface area contributed by atoms with Crippen LogP contribution in [0.5, 0.6) is 0 Å². The van der Waals surface area contributed by atoms with Gasteiger partial charge in [0.1, 0.15) is 12.1 Å². The number of halogens is 1. The molecule has 0 aliphatic rings. The summed E-state index contributed by atoms with van der Waals surface area (Å²) >= 11 is 0. The lowest BCUT2D eigenvalue weighted by molar-refractivity contribution is 0.573. The lowest BCUT2D eigenvalue weighted by Crippen LogP contribution is -2.15. The van der Waals surface area contributed by atoms with E-state index >= 15 is 0 Å². The normalized spacial score (nSPS) is 11.6. The van der Waals surface area contributed by atoms with Crippen molar-refractivity contribution in [1.82, 2.24) is 19.2 Å². The largest absolute Gasteiger partial charge is 0.301 e. The van der Waals surface area contributed by atoms with Gasteiger partial charge in [0, 0.05) is 5.56 Å². The molecule has 118 valence electrons. The van der Waals surface area contributed by atoms with E-state index in [0.717, 1.165) is 40.7 Å². The van der Waals surface area contributed by atoms with Crippen LogP contribution in [0.15, 0.2) is 53.9 Å². The smallest absolute Gasteiger partial charge is 0.240 e. The van der Waals surface area contributed by atoms with Crippen molar-refractivity contribution in [2.45, 2.75) is 18.4 Å². The van der Waals surface area contributed by atoms with Gasteiger partial charge in [0.05, 0.1) is 6.20 Å². The molecule has 8 heteroatoms. The first kappa shape index (κ1) is 15.3. The van der Waals surface area contributed by atoms with Crippen molar-refractivity contribution in [3.05, 3.63) is 60.3 Å². The Bertz CT molecular complexity index is 919. The van der Waals surface area contributed by atoms with Gasteiger partial charge in [0.25, 0.3) is 0 Å². The van der Waals surface area contributed by atoms with Crippen LogP contribution in [-0.4, -0.2) is 27.6 Å². The Kier molecular flexibility index (Phi) is 3.91. The monoisotopic (exact) mass is 332 g/mol. The fourth-order valence-corrected chi connectivity index (χ4v) is 2.97. The van der Waals surface area contributed by atoms with Crippen LogP contribution in [-0.2, 0) is 16.4 Å². The molecule has 0 saturated carbocycles. The maximum Gasteiger partial charge on any atom is 0.301 e. The fourth-order valence-electron chi connectivity index (χ4n) is 2.00. The molecule has 0 N–H and O–H groups in total. The van der Waals surface area contributed by atoms with E-state index in [1.54, 1.807) is 0 Å². The number of aryl methyl sites for hydroxylation is 1. The highest BCUT2D eigenvalue weighted by atomic mass is 32.2. The van der Waals surface area contributed by atoms with Crippen molar-refractivity contribution < 1.29 is 12.8 Å². The summed E-state index contributed by atoms with van der Waals surface area (Å²) in [4.78, 5) is 7.60. The summed E-state index contributed by atoms with van der Waals surface area (Å²) in [7, 11) is -3.99. The van der Waals surface area contributed by atoms with Crippen LogP contribution in [0, 0.1) is 5.82 Å². The van der Waals surface area contributed by atoms with E-state index in [1.807, 2.05) is 31.2 Å². The van der Waals surface area contributed by atoms with Crippen LogP contribution in [0.1, 0.15) is 12.5 Å². The molecule has 0 radical (unpaired) electrons. The summed E-state index contributed by atoms with van der Waals surface area (Å²) in [6.07, 6.45) is 2.85. The van der Waals surface area contributed by atoms with Gasteiger partial charge in [0.2, 0.25) is 0 Å². The number of nitrogens with zero attached hydrogens (tertiary/aromatic N) is 4. The predicted molar refractivity (Wildman–Crippen MR) is 81.6 cm³/mol. The van der Waals surface area contributed by atoms with Gasteiger partial charge in [-0.2, -0.15) is 8.42 Å². The molecule has 2 aromatic heterocycles. The fraction of sp³-hybridized carbons (Fsp3) is 0.133. The maximum absolute atomic E-state index is 12.9. The van der Waals surface area contributed by atoms with Gasteiger partial charge in [0.15, 0.2) is 10.9 Å². The van der Waals surface area contributed by atoms with E-state index in [1.165, 1.54) is 0 Å². The molecule has 3 rings (SSSR count). The number of hydrogen-bond donors (Lipinski definition) is 0. The zero-order valence-electron chi connectivity index (χ0n) is 12.2. The Hall–Kier alpha value is -2.61. The van der Waals surface area contributed by atoms with Crippen LogP contribution < -0.4 is 0 Å². The summed E-state index contributed by atoms with van der Waals surface area (Å²) < 4.78 is 38.3. The topological polar surface area (TPSA) is 77.7 Å². The molecule has 0 spiro atoms. The van der Waals surface area contributed by atoms with E-state index in [2.05, 4.69) is 15.1 Å². The van der Waals surface area contributed by atoms with Gasteiger partial charge in [-0.15, -0.1) is 9.19 Å². The number of aromatic nitrogens is 4. The molecule has 0 saturated heterocycles. The predicted octanol–water partition coefficient (Wildman–Crippen LogP) is 2.28. The van der Waals surface area contributed by atoms with Crippen molar-refractivity contribution in [3.63, 3.8) is 0 Å². The standard InChI is InChI=1S/C15H13FN4O2S/c1-2-11-3-5-12(6-4-11)15-18-10-20(19-15)23(21,22)14-8-7-13(16)9-17-14/h3-10H,2H2,1H3. The third kappa shape index (κ3) is 2.98. The van der Waals surface area contributed by atoms with Crippen molar-refractivity contribution >= 4 is 10.0 Å². The minimum atomic E-state index is -3.99. The molecule has 0 unspecified atom stereocenters. The second-order valence-corrected chi connectivity index (χ2v) is 6.55. The van der Waals surface area contributed by atoms with Crippen molar-refractivity contribution in [2.75, 3.05) is 0 Å². The molecule has 0 aliphatic heterocycles. The number of pyridine rings is 1. The molecule has 6 nitrogen and oxygen atoms in total. The second kappa shape index (κ2) is 5.88. The van der Waals surface area contributed by atoms with Crippen LogP contribution in [0.4, 0.5) is 4.39 Å². The van der Waals surface area contributed by atoms with Crippen LogP contribution in [0.2, 0.25) is 0 Å². The quantitative estimate of drug-likeness (QED) is 0.732. The van der Waals surface area contributed by atoms with Gasteiger partial charge in [-0.1, -0.05) is 31.2 Å². The van der Waals surface area contributed by atoms with E-state index in [-0.39, 0.29) is 5.03 Å². The van der Waals surface area contributed by atoms with Crippen LogP contribution in [0.25, 0.3) is 11.4 Å². The number of hydrogen-bond acceptors (Lipinski definition) is 5. The SMILES string of the molecule is CCc1ccc(-c2ncn(S(=O)(=O)c3ccc(F)cn3)n2)cc1. The van der Waals surface area contributed by atoms with Crippen LogP contribution in [0.3, 0.4) is 0 Å². The highest BCUT2D eigenvalue weighted by Gasteiger charge is 2.20. The highest BCUT2D eigenvalue weighted by Crippen LogP contribution is 2.17. The Balaban J connectivity index is 1.95. The van der Waals surface area contributed by atoms with Gasteiger partial charge in [-0.05, 0) is 24.1 Å². The minimum Gasteiger partial charge on any atom is -0.240 e. The first-order valence-electron chi connectivity index (χ1n) is 6.89. The van der Waals surface area contributed by atoms with Crippen molar-refractivity contribution in [3.8, 4) is 11.4 Å². The Labute approximate surface area is 132 Å². The first-order chi connectivity index (χ1) is 11.0. The molecule has 0 bridgehead atoms. The minimum absolute atomic E-state index is 0.290. The van der Waals surface area contributed by atoms with E-state index < -0.39 is 15.8 Å². The lowest BCUT2D eigenvalue weighted by atomic mass is 10.1. The molecule has 3 aromatic rings. The molecule has 0 aliphatic carbocycles. The van der Waals surface area contributed by atoms with Crippen molar-refractivity contribution in [1.29, 1.82) is 0 Å². The summed E-state index contributed by atoms with van der Waals surface area (Å²) in [6, 6.07) is 9.66. The third-order valence-electron chi connectivity index (χ3n) is 3.30. The average Bonchev–Trinajstić information content (AvgIpc) is 3.06. The molecule has 0 atom stereocenters. The van der Waals surface area contributed by atoms with Crippen molar-refractivity contribution in [2.24, 2.45) is 0 Å². The van der Waals surface area contributed by atoms with Gasteiger partial charge < -0.3 is 0 Å². The Morgan fingerprint density at radius 3 is 2.43 bits per heavy atom. The zero-order valence-corrected chi connectivity index (χ0v) is 13.0. The summed E-state index contributed by atoms with van der Waals surface area (Å²) in [5.41, 5.74) is 1.87. The molecule has 1 aromatic carbocycles. The Morgan fingerprint density at radius 2 is 1.83 bits per heavy atom. The Morgan fingerprint density at radius 1 is 1.09 bits per heavy atom. The first-order valence-corrected chi connectivity index (χ1v) is 8.33. The summed E-state index contributed by atoms with van der Waals surface area (Å²) in [5.74, 6) is -0.322.